The second kappa shape index (κ2) is 7.44. The van der Waals surface area contributed by atoms with Crippen molar-refractivity contribution in [2.75, 3.05) is 0 Å². The van der Waals surface area contributed by atoms with E-state index in [9.17, 15) is 4.79 Å². The van der Waals surface area contributed by atoms with Crippen molar-refractivity contribution in [3.63, 3.8) is 0 Å². The van der Waals surface area contributed by atoms with Crippen LogP contribution in [0.1, 0.15) is 71.6 Å². The topological polar surface area (TPSA) is 55.1 Å². The van der Waals surface area contributed by atoms with E-state index in [1.807, 2.05) is 0 Å². The predicted octanol–water partition coefficient (Wildman–Crippen LogP) is 3.23. The fourth-order valence-corrected chi connectivity index (χ4v) is 4.18. The standard InChI is InChI=1S/C17H32N2O/c1-12(2)15-8-3-4-9-16(15)19-17(20)11-13-6-5-7-14(18)10-13/h12-16H,3-11,18H2,1-2H3,(H,19,20). The Hall–Kier alpha value is -0.570. The van der Waals surface area contributed by atoms with Gasteiger partial charge in [-0.15, -0.1) is 0 Å². The van der Waals surface area contributed by atoms with Crippen LogP contribution < -0.4 is 11.1 Å². The van der Waals surface area contributed by atoms with E-state index in [0.717, 1.165) is 12.8 Å². The van der Waals surface area contributed by atoms with Gasteiger partial charge in [0.2, 0.25) is 5.91 Å². The number of hydrogen-bond acceptors (Lipinski definition) is 2. The summed E-state index contributed by atoms with van der Waals surface area (Å²) in [4.78, 5) is 12.3. The van der Waals surface area contributed by atoms with Crippen LogP contribution in [0.15, 0.2) is 0 Å². The van der Waals surface area contributed by atoms with Crippen LogP contribution in [0.4, 0.5) is 0 Å². The van der Waals surface area contributed by atoms with Gasteiger partial charge in [-0.2, -0.15) is 0 Å². The minimum Gasteiger partial charge on any atom is -0.353 e. The molecular weight excluding hydrogens is 248 g/mol. The molecule has 0 heterocycles. The van der Waals surface area contributed by atoms with Crippen molar-refractivity contribution < 1.29 is 4.79 Å². The zero-order chi connectivity index (χ0) is 14.5. The van der Waals surface area contributed by atoms with Crippen molar-refractivity contribution in [3.8, 4) is 0 Å². The molecule has 0 bridgehead atoms. The van der Waals surface area contributed by atoms with Gasteiger partial charge >= 0.3 is 0 Å². The van der Waals surface area contributed by atoms with Crippen LogP contribution in [0.2, 0.25) is 0 Å². The van der Waals surface area contributed by atoms with E-state index >= 15 is 0 Å². The van der Waals surface area contributed by atoms with Gasteiger partial charge in [0.1, 0.15) is 0 Å². The van der Waals surface area contributed by atoms with E-state index in [-0.39, 0.29) is 5.91 Å². The van der Waals surface area contributed by atoms with Crippen LogP contribution in [-0.4, -0.2) is 18.0 Å². The zero-order valence-electron chi connectivity index (χ0n) is 13.2. The number of hydrogen-bond donors (Lipinski definition) is 2. The SMILES string of the molecule is CC(C)C1CCCCC1NC(=O)CC1CCCC(N)C1. The zero-order valence-corrected chi connectivity index (χ0v) is 13.2. The number of carbonyl (C=O) groups is 1. The smallest absolute Gasteiger partial charge is 0.220 e. The highest BCUT2D eigenvalue weighted by Gasteiger charge is 2.29. The molecule has 4 atom stereocenters. The van der Waals surface area contributed by atoms with Crippen molar-refractivity contribution in [1.82, 2.24) is 5.32 Å². The van der Waals surface area contributed by atoms with Crippen molar-refractivity contribution >= 4 is 5.91 Å². The Morgan fingerprint density at radius 2 is 1.90 bits per heavy atom. The summed E-state index contributed by atoms with van der Waals surface area (Å²) in [6.07, 6.45) is 10.3. The maximum Gasteiger partial charge on any atom is 0.220 e. The largest absolute Gasteiger partial charge is 0.353 e. The van der Waals surface area contributed by atoms with E-state index in [1.165, 1.54) is 38.5 Å². The van der Waals surface area contributed by atoms with E-state index in [2.05, 4.69) is 19.2 Å². The lowest BCUT2D eigenvalue weighted by Crippen LogP contribution is -2.44. The van der Waals surface area contributed by atoms with Gasteiger partial charge in [0.05, 0.1) is 0 Å². The van der Waals surface area contributed by atoms with Gasteiger partial charge in [0.15, 0.2) is 0 Å². The molecule has 20 heavy (non-hydrogen) atoms. The average molecular weight is 280 g/mol. The molecule has 3 heteroatoms. The van der Waals surface area contributed by atoms with Gasteiger partial charge < -0.3 is 11.1 Å². The molecular formula is C17H32N2O. The Morgan fingerprint density at radius 3 is 2.60 bits per heavy atom. The molecule has 2 aliphatic rings. The van der Waals surface area contributed by atoms with Crippen LogP contribution in [0.5, 0.6) is 0 Å². The first kappa shape index (κ1) is 15.8. The number of amides is 1. The molecule has 2 saturated carbocycles. The molecule has 2 rings (SSSR count). The van der Waals surface area contributed by atoms with Crippen LogP contribution >= 0.6 is 0 Å². The maximum atomic E-state index is 12.3. The van der Waals surface area contributed by atoms with Gasteiger partial charge in [-0.25, -0.2) is 0 Å². The first-order valence-corrected chi connectivity index (χ1v) is 8.61. The van der Waals surface area contributed by atoms with Crippen LogP contribution in [-0.2, 0) is 4.79 Å². The molecule has 3 N–H and O–H groups in total. The van der Waals surface area contributed by atoms with Crippen molar-refractivity contribution in [2.45, 2.75) is 83.7 Å². The van der Waals surface area contributed by atoms with Crippen molar-refractivity contribution in [2.24, 2.45) is 23.5 Å². The molecule has 3 nitrogen and oxygen atoms in total. The van der Waals surface area contributed by atoms with Gasteiger partial charge in [0.25, 0.3) is 0 Å². The summed E-state index contributed by atoms with van der Waals surface area (Å²) in [6, 6.07) is 0.730. The van der Waals surface area contributed by atoms with E-state index in [0.29, 0.717) is 36.3 Å². The highest BCUT2D eigenvalue weighted by atomic mass is 16.1. The summed E-state index contributed by atoms with van der Waals surface area (Å²) >= 11 is 0. The summed E-state index contributed by atoms with van der Waals surface area (Å²) in [5.41, 5.74) is 6.02. The normalized spacial score (nSPS) is 35.0. The monoisotopic (exact) mass is 280 g/mol. The molecule has 0 aromatic heterocycles. The summed E-state index contributed by atoms with van der Waals surface area (Å²) in [5, 5.41) is 3.33. The van der Waals surface area contributed by atoms with Crippen LogP contribution in [0.25, 0.3) is 0 Å². The summed E-state index contributed by atoms with van der Waals surface area (Å²) in [7, 11) is 0. The Labute approximate surface area is 124 Å². The molecule has 0 spiro atoms. The molecule has 2 fully saturated rings. The first-order chi connectivity index (χ1) is 9.56. The van der Waals surface area contributed by atoms with Gasteiger partial charge in [-0.1, -0.05) is 33.1 Å². The van der Waals surface area contributed by atoms with Crippen LogP contribution in [0, 0.1) is 17.8 Å². The Morgan fingerprint density at radius 1 is 1.15 bits per heavy atom. The highest BCUT2D eigenvalue weighted by molar-refractivity contribution is 5.76. The molecule has 1 amide bonds. The number of rotatable bonds is 4. The van der Waals surface area contributed by atoms with Crippen LogP contribution in [0.3, 0.4) is 0 Å². The number of carbonyl (C=O) groups excluding carboxylic acids is 1. The summed E-state index contributed by atoms with van der Waals surface area (Å²) in [5.74, 6) is 2.12. The Kier molecular flexibility index (Phi) is 5.88. The fourth-order valence-electron chi connectivity index (χ4n) is 4.18. The molecule has 116 valence electrons. The Balaban J connectivity index is 1.80. The van der Waals surface area contributed by atoms with Gasteiger partial charge in [-0.3, -0.25) is 4.79 Å². The van der Waals surface area contributed by atoms with E-state index < -0.39 is 0 Å². The van der Waals surface area contributed by atoms with Gasteiger partial charge in [0, 0.05) is 18.5 Å². The third kappa shape index (κ3) is 4.47. The molecule has 0 aromatic rings. The molecule has 0 radical (unpaired) electrons. The third-order valence-corrected chi connectivity index (χ3v) is 5.32. The van der Waals surface area contributed by atoms with E-state index in [1.54, 1.807) is 0 Å². The Bertz CT molecular complexity index is 316. The van der Waals surface area contributed by atoms with Crippen molar-refractivity contribution in [1.29, 1.82) is 0 Å². The van der Waals surface area contributed by atoms with Gasteiger partial charge in [-0.05, 0) is 49.9 Å². The summed E-state index contributed by atoms with van der Waals surface area (Å²) in [6.45, 7) is 4.57. The predicted molar refractivity (Wildman–Crippen MR) is 83.3 cm³/mol. The quantitative estimate of drug-likeness (QED) is 0.830. The molecule has 0 aliphatic heterocycles. The number of nitrogens with two attached hydrogens (primary N) is 1. The lowest BCUT2D eigenvalue weighted by Gasteiger charge is -2.35. The average Bonchev–Trinajstić information content (AvgIpc) is 2.38. The fraction of sp³-hybridized carbons (Fsp3) is 0.941. The third-order valence-electron chi connectivity index (χ3n) is 5.32. The molecule has 0 saturated heterocycles. The van der Waals surface area contributed by atoms with Crippen molar-refractivity contribution in [3.05, 3.63) is 0 Å². The minimum absolute atomic E-state index is 0.265. The molecule has 0 aromatic carbocycles. The maximum absolute atomic E-state index is 12.3. The lowest BCUT2D eigenvalue weighted by molar-refractivity contribution is -0.123. The number of nitrogens with one attached hydrogen (secondary N) is 1. The second-order valence-corrected chi connectivity index (χ2v) is 7.36. The molecule has 4 unspecified atom stereocenters. The minimum atomic E-state index is 0.265. The molecule has 2 aliphatic carbocycles. The second-order valence-electron chi connectivity index (χ2n) is 7.36. The highest BCUT2D eigenvalue weighted by Crippen LogP contribution is 2.31. The lowest BCUT2D eigenvalue weighted by atomic mass is 9.77. The van der Waals surface area contributed by atoms with E-state index in [4.69, 9.17) is 5.73 Å². The summed E-state index contributed by atoms with van der Waals surface area (Å²) < 4.78 is 0. The first-order valence-electron chi connectivity index (χ1n) is 8.61.